The van der Waals surface area contributed by atoms with Gasteiger partial charge in [0.1, 0.15) is 16.7 Å². The van der Waals surface area contributed by atoms with Crippen LogP contribution in [0.15, 0.2) is 17.1 Å². The average Bonchev–Trinajstić information content (AvgIpc) is 2.57. The molecule has 6 heteroatoms. The van der Waals surface area contributed by atoms with Gasteiger partial charge in [0, 0.05) is 0 Å². The molecule has 0 fully saturated rings. The highest BCUT2D eigenvalue weighted by Crippen LogP contribution is 2.32. The van der Waals surface area contributed by atoms with E-state index in [-0.39, 0.29) is 0 Å². The first-order valence-corrected chi connectivity index (χ1v) is 5.01. The van der Waals surface area contributed by atoms with Crippen molar-refractivity contribution < 1.29 is 0 Å². The van der Waals surface area contributed by atoms with Crippen molar-refractivity contribution in [2.75, 3.05) is 0 Å². The number of benzene rings is 1. The van der Waals surface area contributed by atoms with Crippen molar-refractivity contribution in [2.45, 2.75) is 6.92 Å². The fourth-order valence-electron chi connectivity index (χ4n) is 1.10. The summed E-state index contributed by atoms with van der Waals surface area (Å²) in [6.07, 6.45) is 0. The lowest BCUT2D eigenvalue weighted by Crippen LogP contribution is -2.03. The molecule has 72 valence electrons. The van der Waals surface area contributed by atoms with E-state index in [0.717, 1.165) is 17.2 Å². The summed E-state index contributed by atoms with van der Waals surface area (Å²) in [5, 5.41) is 0.537. The van der Waals surface area contributed by atoms with Gasteiger partial charge in [-0.15, -0.1) is 0 Å². The minimum atomic E-state index is 0.451. The monoisotopic (exact) mass is 226 g/mol. The topological polar surface area (TPSA) is 64.2 Å². The van der Waals surface area contributed by atoms with Crippen molar-refractivity contribution in [1.82, 2.24) is 8.75 Å². The van der Waals surface area contributed by atoms with Crippen molar-refractivity contribution >= 4 is 45.9 Å². The molecule has 0 aliphatic heterocycles. The van der Waals surface area contributed by atoms with Crippen LogP contribution < -0.4 is 5.73 Å². The second kappa shape index (κ2) is 3.51. The van der Waals surface area contributed by atoms with Crippen LogP contribution in [0.2, 0.25) is 5.02 Å². The normalized spacial score (nSPS) is 12.3. The number of halogens is 1. The number of nitrogens with zero attached hydrogens (tertiary/aromatic N) is 3. The second-order valence-electron chi connectivity index (χ2n) is 2.78. The Bertz CT molecular complexity index is 501. The number of amidine groups is 1. The van der Waals surface area contributed by atoms with Gasteiger partial charge in [-0.1, -0.05) is 11.6 Å². The number of aromatic nitrogens is 2. The molecule has 0 unspecified atom stereocenters. The minimum Gasteiger partial charge on any atom is -0.387 e. The first-order valence-electron chi connectivity index (χ1n) is 3.90. The Kier molecular flexibility index (Phi) is 2.35. The fourth-order valence-corrected chi connectivity index (χ4v) is 1.83. The molecule has 1 aromatic carbocycles. The third-order valence-corrected chi connectivity index (χ3v) is 2.49. The predicted octanol–water partition coefficient (Wildman–Crippen LogP) is 2.35. The number of hydrogen-bond donors (Lipinski definition) is 1. The van der Waals surface area contributed by atoms with Crippen LogP contribution in [-0.2, 0) is 0 Å². The minimum absolute atomic E-state index is 0.451. The van der Waals surface area contributed by atoms with Crippen LogP contribution in [0, 0.1) is 0 Å². The lowest BCUT2D eigenvalue weighted by molar-refractivity contribution is 1.46. The van der Waals surface area contributed by atoms with E-state index >= 15 is 0 Å². The lowest BCUT2D eigenvalue weighted by Gasteiger charge is -1.98. The van der Waals surface area contributed by atoms with E-state index in [1.165, 1.54) is 0 Å². The van der Waals surface area contributed by atoms with Crippen LogP contribution in [0.4, 0.5) is 5.69 Å². The quantitative estimate of drug-likeness (QED) is 0.600. The highest BCUT2D eigenvalue weighted by atomic mass is 35.5. The molecule has 2 aromatic rings. The van der Waals surface area contributed by atoms with Crippen molar-refractivity contribution in [3.05, 3.63) is 17.2 Å². The Morgan fingerprint density at radius 2 is 2.29 bits per heavy atom. The highest BCUT2D eigenvalue weighted by Gasteiger charge is 2.08. The van der Waals surface area contributed by atoms with Gasteiger partial charge >= 0.3 is 0 Å². The van der Waals surface area contributed by atoms with Gasteiger partial charge in [-0.2, -0.15) is 8.75 Å². The Hall–Kier alpha value is -1.20. The van der Waals surface area contributed by atoms with Gasteiger partial charge in [-0.3, -0.25) is 0 Å². The van der Waals surface area contributed by atoms with Gasteiger partial charge in [0.2, 0.25) is 0 Å². The molecular formula is C8H7ClN4S. The Balaban J connectivity index is 2.76. The summed E-state index contributed by atoms with van der Waals surface area (Å²) >= 11 is 7.11. The van der Waals surface area contributed by atoms with E-state index in [0.29, 0.717) is 22.1 Å². The number of aliphatic imine (C=N–C) groups is 1. The van der Waals surface area contributed by atoms with Crippen molar-refractivity contribution in [2.24, 2.45) is 10.7 Å². The van der Waals surface area contributed by atoms with Crippen molar-refractivity contribution in [1.29, 1.82) is 0 Å². The molecule has 0 saturated carbocycles. The zero-order valence-electron chi connectivity index (χ0n) is 7.36. The van der Waals surface area contributed by atoms with E-state index in [4.69, 9.17) is 17.3 Å². The molecule has 0 saturated heterocycles. The summed E-state index contributed by atoms with van der Waals surface area (Å²) in [7, 11) is 0. The maximum Gasteiger partial charge on any atom is 0.132 e. The van der Waals surface area contributed by atoms with E-state index in [1.807, 2.05) is 6.07 Å². The third kappa shape index (κ3) is 1.56. The Labute approximate surface area is 89.7 Å². The summed E-state index contributed by atoms with van der Waals surface area (Å²) in [5.74, 6) is 0.451. The molecule has 1 heterocycles. The van der Waals surface area contributed by atoms with Crippen LogP contribution >= 0.6 is 23.3 Å². The third-order valence-electron chi connectivity index (χ3n) is 1.64. The van der Waals surface area contributed by atoms with E-state index in [2.05, 4.69) is 13.7 Å². The average molecular weight is 227 g/mol. The largest absolute Gasteiger partial charge is 0.387 e. The van der Waals surface area contributed by atoms with Crippen molar-refractivity contribution in [3.63, 3.8) is 0 Å². The molecule has 2 rings (SSSR count). The number of hydrogen-bond acceptors (Lipinski definition) is 4. The zero-order valence-corrected chi connectivity index (χ0v) is 8.93. The van der Waals surface area contributed by atoms with Crippen molar-refractivity contribution in [3.8, 4) is 0 Å². The van der Waals surface area contributed by atoms with Crippen LogP contribution in [0.25, 0.3) is 11.0 Å². The molecule has 4 nitrogen and oxygen atoms in total. The predicted molar refractivity (Wildman–Crippen MR) is 59.4 cm³/mol. The number of nitrogens with two attached hydrogens (primary N) is 1. The van der Waals surface area contributed by atoms with E-state index in [1.54, 1.807) is 13.0 Å². The lowest BCUT2D eigenvalue weighted by atomic mass is 10.2. The number of fused-ring (bicyclic) bond motifs is 1. The standard InChI is InChI=1S/C8H7ClN4S/c1-4(10)11-7-5(9)2-3-6-8(7)13-14-12-6/h2-3H,1H3,(H2,10,11). The maximum absolute atomic E-state index is 5.98. The maximum atomic E-state index is 5.98. The van der Waals surface area contributed by atoms with Gasteiger partial charge < -0.3 is 5.73 Å². The van der Waals surface area contributed by atoms with Gasteiger partial charge in [0.25, 0.3) is 0 Å². The van der Waals surface area contributed by atoms with Crippen LogP contribution in [-0.4, -0.2) is 14.6 Å². The molecule has 0 atom stereocenters. The molecule has 0 bridgehead atoms. The fraction of sp³-hybridized carbons (Fsp3) is 0.125. The summed E-state index contributed by atoms with van der Waals surface area (Å²) < 4.78 is 8.21. The molecular weight excluding hydrogens is 220 g/mol. The summed E-state index contributed by atoms with van der Waals surface area (Å²) in [6, 6.07) is 3.55. The van der Waals surface area contributed by atoms with E-state index in [9.17, 15) is 0 Å². The summed E-state index contributed by atoms with van der Waals surface area (Å²) in [6.45, 7) is 1.70. The summed E-state index contributed by atoms with van der Waals surface area (Å²) in [5.41, 5.74) is 7.59. The van der Waals surface area contributed by atoms with Gasteiger partial charge in [-0.25, -0.2) is 4.99 Å². The zero-order chi connectivity index (χ0) is 10.1. The van der Waals surface area contributed by atoms with Crippen LogP contribution in [0.5, 0.6) is 0 Å². The highest BCUT2D eigenvalue weighted by molar-refractivity contribution is 7.00. The van der Waals surface area contributed by atoms with Gasteiger partial charge in [0.15, 0.2) is 0 Å². The first-order chi connectivity index (χ1) is 6.68. The molecule has 14 heavy (non-hydrogen) atoms. The van der Waals surface area contributed by atoms with Crippen LogP contribution in [0.3, 0.4) is 0 Å². The molecule has 0 amide bonds. The molecule has 0 aliphatic rings. The van der Waals surface area contributed by atoms with E-state index < -0.39 is 0 Å². The van der Waals surface area contributed by atoms with Crippen LogP contribution in [0.1, 0.15) is 6.92 Å². The number of rotatable bonds is 1. The second-order valence-corrected chi connectivity index (χ2v) is 3.72. The summed E-state index contributed by atoms with van der Waals surface area (Å²) in [4.78, 5) is 4.13. The molecule has 0 spiro atoms. The molecule has 0 aliphatic carbocycles. The smallest absolute Gasteiger partial charge is 0.132 e. The Morgan fingerprint density at radius 1 is 1.50 bits per heavy atom. The van der Waals surface area contributed by atoms with Gasteiger partial charge in [-0.05, 0) is 19.1 Å². The molecule has 1 aromatic heterocycles. The molecule has 2 N–H and O–H groups in total. The molecule has 0 radical (unpaired) electrons. The first kappa shape index (κ1) is 9.36. The van der Waals surface area contributed by atoms with Gasteiger partial charge in [0.05, 0.1) is 22.6 Å². The Morgan fingerprint density at radius 3 is 3.00 bits per heavy atom. The SMILES string of the molecule is CC(N)=Nc1c(Cl)ccc2nsnc12.